The highest BCUT2D eigenvalue weighted by Crippen LogP contribution is 2.28. The molecule has 1 saturated heterocycles. The SMILES string of the molecule is CC(=O)Nc1cccc(N2C[C@H](C(=O)Nc3cc(Cl)ccc3C)CC2=O)c1. The third-order valence-corrected chi connectivity index (χ3v) is 4.67. The van der Waals surface area contributed by atoms with Crippen molar-refractivity contribution < 1.29 is 14.4 Å². The first-order valence-corrected chi connectivity index (χ1v) is 8.96. The molecule has 140 valence electrons. The number of aryl methyl sites for hydroxylation is 1. The van der Waals surface area contributed by atoms with Crippen molar-refractivity contribution in [1.29, 1.82) is 0 Å². The Morgan fingerprint density at radius 3 is 2.67 bits per heavy atom. The fourth-order valence-corrected chi connectivity index (χ4v) is 3.22. The fourth-order valence-electron chi connectivity index (χ4n) is 3.05. The minimum atomic E-state index is -0.458. The largest absolute Gasteiger partial charge is 0.326 e. The van der Waals surface area contributed by atoms with Gasteiger partial charge in [-0.05, 0) is 42.8 Å². The first kappa shape index (κ1) is 18.9. The number of carbonyl (C=O) groups excluding carboxylic acids is 3. The van der Waals surface area contributed by atoms with Gasteiger partial charge in [0.1, 0.15) is 0 Å². The van der Waals surface area contributed by atoms with Crippen molar-refractivity contribution in [3.8, 4) is 0 Å². The molecule has 1 aliphatic heterocycles. The zero-order valence-electron chi connectivity index (χ0n) is 15.1. The summed E-state index contributed by atoms with van der Waals surface area (Å²) in [6.07, 6.45) is 0.135. The summed E-state index contributed by atoms with van der Waals surface area (Å²) < 4.78 is 0. The number of nitrogens with zero attached hydrogens (tertiary/aromatic N) is 1. The van der Waals surface area contributed by atoms with Gasteiger partial charge in [-0.25, -0.2) is 0 Å². The minimum absolute atomic E-state index is 0.127. The lowest BCUT2D eigenvalue weighted by Gasteiger charge is -2.18. The Bertz CT molecular complexity index is 913. The van der Waals surface area contributed by atoms with E-state index in [1.807, 2.05) is 13.0 Å². The molecule has 2 N–H and O–H groups in total. The van der Waals surface area contributed by atoms with Crippen LogP contribution in [0, 0.1) is 12.8 Å². The van der Waals surface area contributed by atoms with Crippen LogP contribution < -0.4 is 15.5 Å². The highest BCUT2D eigenvalue weighted by molar-refractivity contribution is 6.31. The number of carbonyl (C=O) groups is 3. The van der Waals surface area contributed by atoms with E-state index < -0.39 is 5.92 Å². The highest BCUT2D eigenvalue weighted by atomic mass is 35.5. The van der Waals surface area contributed by atoms with Crippen LogP contribution in [0.4, 0.5) is 17.1 Å². The molecule has 2 aromatic rings. The molecule has 0 radical (unpaired) electrons. The second-order valence-corrected chi connectivity index (χ2v) is 7.02. The van der Waals surface area contributed by atoms with Crippen molar-refractivity contribution in [2.24, 2.45) is 5.92 Å². The van der Waals surface area contributed by atoms with Crippen LogP contribution in [0.5, 0.6) is 0 Å². The van der Waals surface area contributed by atoms with Crippen molar-refractivity contribution in [3.63, 3.8) is 0 Å². The second-order valence-electron chi connectivity index (χ2n) is 6.59. The van der Waals surface area contributed by atoms with Crippen LogP contribution in [0.3, 0.4) is 0 Å². The molecule has 3 amide bonds. The molecule has 0 saturated carbocycles. The lowest BCUT2D eigenvalue weighted by atomic mass is 10.1. The quantitative estimate of drug-likeness (QED) is 0.844. The Balaban J connectivity index is 1.72. The van der Waals surface area contributed by atoms with E-state index in [2.05, 4.69) is 10.6 Å². The van der Waals surface area contributed by atoms with Crippen molar-refractivity contribution >= 4 is 46.4 Å². The van der Waals surface area contributed by atoms with Crippen LogP contribution in [0.2, 0.25) is 5.02 Å². The first-order chi connectivity index (χ1) is 12.8. The van der Waals surface area contributed by atoms with Gasteiger partial charge in [0.05, 0.1) is 5.92 Å². The van der Waals surface area contributed by atoms with Gasteiger partial charge in [0.2, 0.25) is 17.7 Å². The number of nitrogens with one attached hydrogen (secondary N) is 2. The Morgan fingerprint density at radius 1 is 1.15 bits per heavy atom. The van der Waals surface area contributed by atoms with Gasteiger partial charge in [-0.2, -0.15) is 0 Å². The molecule has 1 heterocycles. The molecular weight excluding hydrogens is 366 g/mol. The van der Waals surface area contributed by atoms with Gasteiger partial charge < -0.3 is 15.5 Å². The summed E-state index contributed by atoms with van der Waals surface area (Å²) in [7, 11) is 0. The Kier molecular flexibility index (Phi) is 5.46. The maximum absolute atomic E-state index is 12.6. The maximum atomic E-state index is 12.6. The molecular formula is C20H20ClN3O3. The lowest BCUT2D eigenvalue weighted by Crippen LogP contribution is -2.28. The first-order valence-electron chi connectivity index (χ1n) is 8.58. The van der Waals surface area contributed by atoms with Gasteiger partial charge in [-0.3, -0.25) is 14.4 Å². The molecule has 0 spiro atoms. The average molecular weight is 386 g/mol. The van der Waals surface area contributed by atoms with Crippen molar-refractivity contribution in [2.45, 2.75) is 20.3 Å². The number of amides is 3. The molecule has 0 bridgehead atoms. The molecule has 6 nitrogen and oxygen atoms in total. The summed E-state index contributed by atoms with van der Waals surface area (Å²) in [6.45, 7) is 3.59. The van der Waals surface area contributed by atoms with E-state index in [9.17, 15) is 14.4 Å². The molecule has 3 rings (SSSR count). The van der Waals surface area contributed by atoms with E-state index in [0.717, 1.165) is 5.56 Å². The van der Waals surface area contributed by atoms with Gasteiger partial charge >= 0.3 is 0 Å². The molecule has 1 fully saturated rings. The zero-order chi connectivity index (χ0) is 19.6. The minimum Gasteiger partial charge on any atom is -0.326 e. The van der Waals surface area contributed by atoms with Crippen LogP contribution >= 0.6 is 11.6 Å². The number of hydrogen-bond acceptors (Lipinski definition) is 3. The summed E-state index contributed by atoms with van der Waals surface area (Å²) in [5.41, 5.74) is 2.80. The lowest BCUT2D eigenvalue weighted by molar-refractivity contribution is -0.122. The van der Waals surface area contributed by atoms with Crippen molar-refractivity contribution in [1.82, 2.24) is 0 Å². The van der Waals surface area contributed by atoms with Gasteiger partial charge in [0, 0.05) is 42.0 Å². The summed E-state index contributed by atoms with van der Waals surface area (Å²) >= 11 is 5.99. The maximum Gasteiger partial charge on any atom is 0.229 e. The smallest absolute Gasteiger partial charge is 0.229 e. The van der Waals surface area contributed by atoms with Crippen LogP contribution in [0.25, 0.3) is 0 Å². The van der Waals surface area contributed by atoms with Crippen molar-refractivity contribution in [3.05, 3.63) is 53.1 Å². The topological polar surface area (TPSA) is 78.5 Å². The summed E-state index contributed by atoms with van der Waals surface area (Å²) in [6, 6.07) is 12.3. The summed E-state index contributed by atoms with van der Waals surface area (Å²) in [5.74, 6) is -0.985. The Morgan fingerprint density at radius 2 is 1.93 bits per heavy atom. The molecule has 0 unspecified atom stereocenters. The summed E-state index contributed by atoms with van der Waals surface area (Å²) in [5, 5.41) is 6.09. The third kappa shape index (κ3) is 4.46. The second kappa shape index (κ2) is 7.80. The monoisotopic (exact) mass is 385 g/mol. The molecule has 2 aromatic carbocycles. The molecule has 7 heteroatoms. The fraction of sp³-hybridized carbons (Fsp3) is 0.250. The molecule has 0 aliphatic carbocycles. The normalized spacial score (nSPS) is 16.3. The Hall–Kier alpha value is -2.86. The van der Waals surface area contributed by atoms with Gasteiger partial charge in [0.25, 0.3) is 0 Å². The van der Waals surface area contributed by atoms with E-state index in [0.29, 0.717) is 22.1 Å². The molecule has 1 aliphatic rings. The van der Waals surface area contributed by atoms with E-state index in [4.69, 9.17) is 11.6 Å². The van der Waals surface area contributed by atoms with E-state index >= 15 is 0 Å². The Labute approximate surface area is 162 Å². The molecule has 0 aromatic heterocycles. The average Bonchev–Trinajstić information content (AvgIpc) is 3.00. The highest BCUT2D eigenvalue weighted by Gasteiger charge is 2.35. The third-order valence-electron chi connectivity index (χ3n) is 4.43. The number of anilines is 3. The zero-order valence-corrected chi connectivity index (χ0v) is 15.8. The van der Waals surface area contributed by atoms with Gasteiger partial charge in [-0.1, -0.05) is 23.7 Å². The van der Waals surface area contributed by atoms with Gasteiger partial charge in [0.15, 0.2) is 0 Å². The van der Waals surface area contributed by atoms with Crippen LogP contribution in [0.1, 0.15) is 18.9 Å². The van der Waals surface area contributed by atoms with Crippen LogP contribution in [-0.2, 0) is 14.4 Å². The van der Waals surface area contributed by atoms with Gasteiger partial charge in [-0.15, -0.1) is 0 Å². The van der Waals surface area contributed by atoms with E-state index in [1.165, 1.54) is 6.92 Å². The number of hydrogen-bond donors (Lipinski definition) is 2. The van der Waals surface area contributed by atoms with E-state index in [1.54, 1.807) is 41.3 Å². The van der Waals surface area contributed by atoms with Crippen LogP contribution in [0.15, 0.2) is 42.5 Å². The summed E-state index contributed by atoms with van der Waals surface area (Å²) in [4.78, 5) is 37.8. The predicted octanol–water partition coefficient (Wildman–Crippen LogP) is 3.60. The number of halogens is 1. The van der Waals surface area contributed by atoms with Crippen LogP contribution in [-0.4, -0.2) is 24.3 Å². The molecule has 1 atom stereocenters. The van der Waals surface area contributed by atoms with E-state index in [-0.39, 0.29) is 30.7 Å². The number of rotatable bonds is 4. The van der Waals surface area contributed by atoms with Crippen molar-refractivity contribution in [2.75, 3.05) is 22.1 Å². The predicted molar refractivity (Wildman–Crippen MR) is 106 cm³/mol. The standard InChI is InChI=1S/C20H20ClN3O3/c1-12-6-7-15(21)9-18(12)23-20(27)14-8-19(26)24(11-14)17-5-3-4-16(10-17)22-13(2)25/h3-7,9-10,14H,8,11H2,1-2H3,(H,22,25)(H,23,27)/t14-/m1/s1. The molecule has 27 heavy (non-hydrogen) atoms. The number of benzene rings is 2.